The standard InChI is InChI=1S/C30H38FIN4O3/c1-30(2,3)39-29(37)35-14-12-22(13-15-35)34(4)19-20-8-10-23(25(31)17-20)21-9-11-26-24(18-21)28(32)33-36(26)27-7-5-6-16-38-27/h8-11,17-18,22,27H,5-7,12-16,19H2,1-4H3. The molecule has 0 bridgehead atoms. The van der Waals surface area contributed by atoms with Crippen LogP contribution < -0.4 is 0 Å². The Kier molecular flexibility index (Phi) is 8.49. The number of amides is 1. The normalized spacial score (nSPS) is 19.2. The second-order valence-electron chi connectivity index (χ2n) is 11.7. The van der Waals surface area contributed by atoms with E-state index in [0.717, 1.165) is 64.4 Å². The average molecular weight is 649 g/mol. The summed E-state index contributed by atoms with van der Waals surface area (Å²) in [6, 6.07) is 11.9. The van der Waals surface area contributed by atoms with E-state index in [-0.39, 0.29) is 18.1 Å². The lowest BCUT2D eigenvalue weighted by Gasteiger charge is -2.37. The smallest absolute Gasteiger partial charge is 0.410 e. The van der Waals surface area contributed by atoms with Crippen LogP contribution in [-0.2, 0) is 16.0 Å². The van der Waals surface area contributed by atoms with Gasteiger partial charge < -0.3 is 14.4 Å². The molecular formula is C30H38FIN4O3. The maximum atomic E-state index is 15.4. The van der Waals surface area contributed by atoms with Crippen LogP contribution in [0.1, 0.15) is 64.7 Å². The van der Waals surface area contributed by atoms with Crippen molar-refractivity contribution in [1.29, 1.82) is 0 Å². The molecule has 0 radical (unpaired) electrons. The van der Waals surface area contributed by atoms with E-state index in [4.69, 9.17) is 14.6 Å². The van der Waals surface area contributed by atoms with Gasteiger partial charge in [0.25, 0.3) is 0 Å². The molecule has 7 nitrogen and oxygen atoms in total. The van der Waals surface area contributed by atoms with Crippen molar-refractivity contribution in [2.45, 2.75) is 77.3 Å². The Labute approximate surface area is 243 Å². The average Bonchev–Trinajstić information content (AvgIpc) is 3.24. The van der Waals surface area contributed by atoms with E-state index in [9.17, 15) is 4.79 Å². The zero-order valence-corrected chi connectivity index (χ0v) is 25.4. The summed E-state index contributed by atoms with van der Waals surface area (Å²) in [5.74, 6) is -0.224. The maximum Gasteiger partial charge on any atom is 0.410 e. The molecule has 1 atom stereocenters. The maximum absolute atomic E-state index is 15.4. The number of ether oxygens (including phenoxy) is 2. The van der Waals surface area contributed by atoms with Crippen LogP contribution in [0.15, 0.2) is 36.4 Å². The summed E-state index contributed by atoms with van der Waals surface area (Å²) in [7, 11) is 2.07. The number of halogens is 2. The first-order chi connectivity index (χ1) is 18.6. The van der Waals surface area contributed by atoms with Crippen LogP contribution in [0, 0.1) is 9.52 Å². The topological polar surface area (TPSA) is 59.8 Å². The summed E-state index contributed by atoms with van der Waals surface area (Å²) >= 11 is 2.25. The molecule has 2 aromatic carbocycles. The highest BCUT2D eigenvalue weighted by molar-refractivity contribution is 14.1. The first kappa shape index (κ1) is 28.3. The van der Waals surface area contributed by atoms with E-state index in [1.165, 1.54) is 0 Å². The summed E-state index contributed by atoms with van der Waals surface area (Å²) < 4.78 is 29.7. The van der Waals surface area contributed by atoms with Gasteiger partial charge in [-0.25, -0.2) is 13.9 Å². The second-order valence-corrected chi connectivity index (χ2v) is 12.7. The van der Waals surface area contributed by atoms with Crippen LogP contribution in [0.2, 0.25) is 0 Å². The summed E-state index contributed by atoms with van der Waals surface area (Å²) in [6.45, 7) is 8.41. The molecule has 0 N–H and O–H groups in total. The summed E-state index contributed by atoms with van der Waals surface area (Å²) in [6.07, 6.45) is 4.65. The van der Waals surface area contributed by atoms with Crippen molar-refractivity contribution in [3.8, 4) is 11.1 Å². The number of piperidine rings is 1. The van der Waals surface area contributed by atoms with Gasteiger partial charge in [-0.05, 0) is 112 Å². The molecule has 0 aliphatic carbocycles. The number of benzene rings is 2. The summed E-state index contributed by atoms with van der Waals surface area (Å²) in [4.78, 5) is 16.4. The van der Waals surface area contributed by atoms with E-state index < -0.39 is 5.60 Å². The molecule has 1 unspecified atom stereocenters. The van der Waals surface area contributed by atoms with Gasteiger partial charge in [-0.2, -0.15) is 5.10 Å². The van der Waals surface area contributed by atoms with Crippen LogP contribution in [-0.4, -0.2) is 64.1 Å². The van der Waals surface area contributed by atoms with E-state index >= 15 is 4.39 Å². The predicted molar refractivity (Wildman–Crippen MR) is 159 cm³/mol. The van der Waals surface area contributed by atoms with Gasteiger partial charge in [0.05, 0.1) is 5.52 Å². The Morgan fingerprint density at radius 3 is 2.59 bits per heavy atom. The number of aromatic nitrogens is 2. The third-order valence-electron chi connectivity index (χ3n) is 7.61. The monoisotopic (exact) mass is 648 g/mol. The first-order valence-electron chi connectivity index (χ1n) is 13.9. The van der Waals surface area contributed by atoms with Gasteiger partial charge >= 0.3 is 6.09 Å². The fourth-order valence-corrected chi connectivity index (χ4v) is 6.20. The molecule has 3 heterocycles. The fourth-order valence-electron chi connectivity index (χ4n) is 5.53. The minimum absolute atomic E-state index is 0.0341. The highest BCUT2D eigenvalue weighted by atomic mass is 127. The Morgan fingerprint density at radius 1 is 1.15 bits per heavy atom. The van der Waals surface area contributed by atoms with Gasteiger partial charge in [0.1, 0.15) is 15.1 Å². The number of likely N-dealkylation sites (tertiary alicyclic amines) is 1. The largest absolute Gasteiger partial charge is 0.444 e. The van der Waals surface area contributed by atoms with E-state index in [0.29, 0.717) is 31.2 Å². The lowest BCUT2D eigenvalue weighted by molar-refractivity contribution is -0.0368. The molecule has 1 aromatic heterocycles. The van der Waals surface area contributed by atoms with Gasteiger partial charge in [-0.3, -0.25) is 4.90 Å². The lowest BCUT2D eigenvalue weighted by atomic mass is 10.0. The quantitative estimate of drug-likeness (QED) is 0.280. The van der Waals surface area contributed by atoms with Crippen molar-refractivity contribution in [2.75, 3.05) is 26.7 Å². The van der Waals surface area contributed by atoms with E-state index in [1.54, 1.807) is 11.0 Å². The summed E-state index contributed by atoms with van der Waals surface area (Å²) in [5.41, 5.74) is 2.90. The molecule has 2 aliphatic heterocycles. The number of rotatable bonds is 5. The SMILES string of the molecule is CN(Cc1ccc(-c2ccc3c(c2)c(I)nn3C2CCCCO2)c(F)c1)C1CCN(C(=O)OC(C)(C)C)CC1. The molecule has 9 heteroatoms. The zero-order valence-electron chi connectivity index (χ0n) is 23.3. The van der Waals surface area contributed by atoms with Crippen LogP contribution in [0.3, 0.4) is 0 Å². The van der Waals surface area contributed by atoms with Crippen LogP contribution in [0.25, 0.3) is 22.0 Å². The fraction of sp³-hybridized carbons (Fsp3) is 0.533. The van der Waals surface area contributed by atoms with Crippen molar-refractivity contribution in [3.05, 3.63) is 51.5 Å². The van der Waals surface area contributed by atoms with Crippen LogP contribution in [0.4, 0.5) is 9.18 Å². The third-order valence-corrected chi connectivity index (χ3v) is 8.40. The molecular weight excluding hydrogens is 610 g/mol. The molecule has 1 amide bonds. The zero-order chi connectivity index (χ0) is 27.7. The Morgan fingerprint density at radius 2 is 1.92 bits per heavy atom. The number of hydrogen-bond donors (Lipinski definition) is 0. The highest BCUT2D eigenvalue weighted by Gasteiger charge is 2.28. The Hall–Kier alpha value is -2.24. The van der Waals surface area contributed by atoms with Crippen molar-refractivity contribution in [1.82, 2.24) is 19.6 Å². The third kappa shape index (κ3) is 6.57. The molecule has 2 aliphatic rings. The molecule has 210 valence electrons. The first-order valence-corrected chi connectivity index (χ1v) is 14.9. The van der Waals surface area contributed by atoms with Crippen molar-refractivity contribution >= 4 is 39.6 Å². The van der Waals surface area contributed by atoms with Gasteiger partial charge in [0.15, 0.2) is 6.23 Å². The van der Waals surface area contributed by atoms with Crippen molar-refractivity contribution < 1.29 is 18.7 Å². The highest BCUT2D eigenvalue weighted by Crippen LogP contribution is 2.33. The number of carbonyl (C=O) groups excluding carboxylic acids is 1. The number of hydrogen-bond acceptors (Lipinski definition) is 5. The van der Waals surface area contributed by atoms with Gasteiger partial charge in [0, 0.05) is 43.2 Å². The van der Waals surface area contributed by atoms with Crippen LogP contribution in [0.5, 0.6) is 0 Å². The lowest BCUT2D eigenvalue weighted by Crippen LogP contribution is -2.46. The van der Waals surface area contributed by atoms with Gasteiger partial charge in [-0.1, -0.05) is 18.2 Å². The molecule has 3 aromatic rings. The van der Waals surface area contributed by atoms with Crippen LogP contribution >= 0.6 is 22.6 Å². The molecule has 2 saturated heterocycles. The van der Waals surface area contributed by atoms with E-state index in [2.05, 4.69) is 34.5 Å². The number of nitrogens with zero attached hydrogens (tertiary/aromatic N) is 4. The number of carbonyl (C=O) groups is 1. The molecule has 5 rings (SSSR count). The molecule has 2 fully saturated rings. The van der Waals surface area contributed by atoms with Gasteiger partial charge in [-0.15, -0.1) is 0 Å². The molecule has 0 saturated carbocycles. The molecule has 39 heavy (non-hydrogen) atoms. The summed E-state index contributed by atoms with van der Waals surface area (Å²) in [5, 5.41) is 5.76. The Balaban J connectivity index is 1.24. The molecule has 0 spiro atoms. The van der Waals surface area contributed by atoms with Gasteiger partial charge in [0.2, 0.25) is 0 Å². The van der Waals surface area contributed by atoms with Crippen molar-refractivity contribution in [2.24, 2.45) is 0 Å². The van der Waals surface area contributed by atoms with Crippen molar-refractivity contribution in [3.63, 3.8) is 0 Å². The second kappa shape index (κ2) is 11.7. The predicted octanol–water partition coefficient (Wildman–Crippen LogP) is 6.98. The minimum atomic E-state index is -0.489. The van der Waals surface area contributed by atoms with E-state index in [1.807, 2.05) is 55.8 Å². The minimum Gasteiger partial charge on any atom is -0.444 e. The number of fused-ring (bicyclic) bond motifs is 1. The Bertz CT molecular complexity index is 1320.